The summed E-state index contributed by atoms with van der Waals surface area (Å²) in [6, 6.07) is 6.34. The van der Waals surface area contributed by atoms with E-state index in [0.29, 0.717) is 0 Å². The van der Waals surface area contributed by atoms with Gasteiger partial charge in [-0.2, -0.15) is 0 Å². The van der Waals surface area contributed by atoms with Crippen molar-refractivity contribution >= 4 is 21.6 Å². The molecule has 2 heteroatoms. The highest BCUT2D eigenvalue weighted by Gasteiger charge is 2.17. The van der Waals surface area contributed by atoms with E-state index in [1.807, 2.05) is 0 Å². The zero-order valence-electron chi connectivity index (χ0n) is 8.09. The molecule has 1 aromatic carbocycles. The van der Waals surface area contributed by atoms with Crippen molar-refractivity contribution in [3.8, 4) is 0 Å². The Hall–Kier alpha value is -0.890. The van der Waals surface area contributed by atoms with E-state index >= 15 is 0 Å². The monoisotopic (exact) mass is 190 g/mol. The van der Waals surface area contributed by atoms with Crippen LogP contribution in [-0.4, -0.2) is 4.98 Å². The van der Waals surface area contributed by atoms with Crippen LogP contribution in [0.4, 0.5) is 0 Å². The average molecular weight is 190 g/mol. The number of nitrogens with zero attached hydrogens (tertiary/aromatic N) is 1. The Bertz CT molecular complexity index is 423. The summed E-state index contributed by atoms with van der Waals surface area (Å²) >= 11 is 1.58. The van der Waals surface area contributed by atoms with Gasteiger partial charge in [0.15, 0.2) is 5.51 Å². The van der Waals surface area contributed by atoms with Gasteiger partial charge >= 0.3 is 0 Å². The van der Waals surface area contributed by atoms with Gasteiger partial charge in [0.2, 0.25) is 0 Å². The summed E-state index contributed by atoms with van der Waals surface area (Å²) in [6.07, 6.45) is 0. The topological polar surface area (TPSA) is 12.9 Å². The van der Waals surface area contributed by atoms with Gasteiger partial charge < -0.3 is 0 Å². The third-order valence-electron chi connectivity index (χ3n) is 2.12. The van der Waals surface area contributed by atoms with Crippen molar-refractivity contribution in [3.63, 3.8) is 0 Å². The number of hydrogen-bond acceptors (Lipinski definition) is 2. The van der Waals surface area contributed by atoms with Crippen LogP contribution < -0.4 is 0 Å². The standard InChI is InChI=1S/C11H12NS/c1-11(2,3)8-5-4-6-9-10(8)12-7-13-9/h4-6H,1-3H3. The first-order valence-electron chi connectivity index (χ1n) is 4.35. The highest BCUT2D eigenvalue weighted by Crippen LogP contribution is 2.30. The Morgan fingerprint density at radius 2 is 2.08 bits per heavy atom. The number of hydrogen-bond donors (Lipinski definition) is 0. The lowest BCUT2D eigenvalue weighted by Gasteiger charge is -2.19. The Morgan fingerprint density at radius 3 is 2.77 bits per heavy atom. The summed E-state index contributed by atoms with van der Waals surface area (Å²) < 4.78 is 1.23. The van der Waals surface area contributed by atoms with Crippen LogP contribution in [0.5, 0.6) is 0 Å². The third kappa shape index (κ3) is 1.46. The Balaban J connectivity index is 2.75. The minimum Gasteiger partial charge on any atom is -0.233 e. The van der Waals surface area contributed by atoms with E-state index in [-0.39, 0.29) is 5.41 Å². The molecule has 1 aromatic heterocycles. The molecule has 1 nitrogen and oxygen atoms in total. The molecule has 0 fully saturated rings. The first-order valence-corrected chi connectivity index (χ1v) is 5.17. The molecule has 0 saturated heterocycles. The zero-order valence-corrected chi connectivity index (χ0v) is 8.90. The fourth-order valence-corrected chi connectivity index (χ4v) is 2.08. The number of rotatable bonds is 0. The summed E-state index contributed by atoms with van der Waals surface area (Å²) in [7, 11) is 0. The fourth-order valence-electron chi connectivity index (χ4n) is 1.44. The van der Waals surface area contributed by atoms with Crippen molar-refractivity contribution in [2.24, 2.45) is 0 Å². The van der Waals surface area contributed by atoms with E-state index < -0.39 is 0 Å². The molecule has 1 radical (unpaired) electrons. The molecule has 0 N–H and O–H groups in total. The second-order valence-corrected chi connectivity index (χ2v) is 5.03. The van der Waals surface area contributed by atoms with Gasteiger partial charge in [0, 0.05) is 0 Å². The maximum atomic E-state index is 4.28. The number of para-hydroxylation sites is 1. The maximum absolute atomic E-state index is 4.28. The van der Waals surface area contributed by atoms with E-state index in [4.69, 9.17) is 0 Å². The van der Waals surface area contributed by atoms with Crippen molar-refractivity contribution < 1.29 is 0 Å². The lowest BCUT2D eigenvalue weighted by molar-refractivity contribution is 0.595. The van der Waals surface area contributed by atoms with Gasteiger partial charge in [-0.15, -0.1) is 11.3 Å². The summed E-state index contributed by atoms with van der Waals surface area (Å²) in [5.74, 6) is 0. The van der Waals surface area contributed by atoms with E-state index in [1.165, 1.54) is 10.3 Å². The highest BCUT2D eigenvalue weighted by molar-refractivity contribution is 7.16. The lowest BCUT2D eigenvalue weighted by atomic mass is 9.86. The summed E-state index contributed by atoms with van der Waals surface area (Å²) in [5.41, 5.74) is 5.53. The first kappa shape index (κ1) is 8.70. The largest absolute Gasteiger partial charge is 0.233 e. The van der Waals surface area contributed by atoms with E-state index in [9.17, 15) is 0 Å². The van der Waals surface area contributed by atoms with Crippen molar-refractivity contribution in [2.75, 3.05) is 0 Å². The molecule has 0 amide bonds. The molecule has 0 bridgehead atoms. The van der Waals surface area contributed by atoms with Crippen LogP contribution >= 0.6 is 11.3 Å². The molecular weight excluding hydrogens is 178 g/mol. The molecule has 0 saturated carbocycles. The molecule has 67 valence electrons. The van der Waals surface area contributed by atoms with Crippen LogP contribution in [0.25, 0.3) is 10.2 Å². The molecule has 13 heavy (non-hydrogen) atoms. The Labute approximate surface area is 82.4 Å². The summed E-state index contributed by atoms with van der Waals surface area (Å²) in [4.78, 5) is 4.28. The number of aromatic nitrogens is 1. The van der Waals surface area contributed by atoms with Gasteiger partial charge in [0.25, 0.3) is 0 Å². The van der Waals surface area contributed by atoms with Crippen molar-refractivity contribution in [1.29, 1.82) is 0 Å². The second kappa shape index (κ2) is 2.81. The van der Waals surface area contributed by atoms with Crippen molar-refractivity contribution in [1.82, 2.24) is 4.98 Å². The van der Waals surface area contributed by atoms with Gasteiger partial charge in [-0.25, -0.2) is 4.98 Å². The van der Waals surface area contributed by atoms with E-state index in [2.05, 4.69) is 49.5 Å². The lowest BCUT2D eigenvalue weighted by Crippen LogP contribution is -2.11. The quantitative estimate of drug-likeness (QED) is 0.620. The average Bonchev–Trinajstić information content (AvgIpc) is 2.48. The number of benzene rings is 1. The third-order valence-corrected chi connectivity index (χ3v) is 2.85. The molecule has 0 aliphatic rings. The summed E-state index contributed by atoms with van der Waals surface area (Å²) in [5, 5.41) is 0. The van der Waals surface area contributed by atoms with E-state index in [0.717, 1.165) is 5.52 Å². The molecule has 0 spiro atoms. The Morgan fingerprint density at radius 1 is 1.31 bits per heavy atom. The molecule has 0 aliphatic carbocycles. The van der Waals surface area contributed by atoms with Gasteiger partial charge in [0.1, 0.15) is 0 Å². The zero-order chi connectivity index (χ0) is 9.47. The highest BCUT2D eigenvalue weighted by atomic mass is 32.1. The van der Waals surface area contributed by atoms with Crippen LogP contribution in [0.3, 0.4) is 0 Å². The molecule has 0 unspecified atom stereocenters. The predicted octanol–water partition coefficient (Wildman–Crippen LogP) is 3.39. The second-order valence-electron chi connectivity index (χ2n) is 4.21. The molecular formula is C11H12NS. The fraction of sp³-hybridized carbons (Fsp3) is 0.364. The number of fused-ring (bicyclic) bond motifs is 1. The van der Waals surface area contributed by atoms with Crippen molar-refractivity contribution in [2.45, 2.75) is 26.2 Å². The summed E-state index contributed by atoms with van der Waals surface area (Å²) in [6.45, 7) is 6.63. The molecule has 0 aliphatic heterocycles. The molecule has 1 heterocycles. The van der Waals surface area contributed by atoms with Gasteiger partial charge in [0.05, 0.1) is 10.2 Å². The minimum absolute atomic E-state index is 0.168. The van der Waals surface area contributed by atoms with Gasteiger partial charge in [-0.3, -0.25) is 0 Å². The minimum atomic E-state index is 0.168. The van der Waals surface area contributed by atoms with Gasteiger partial charge in [-0.05, 0) is 17.0 Å². The first-order chi connectivity index (χ1) is 6.09. The van der Waals surface area contributed by atoms with Crippen LogP contribution in [0, 0.1) is 5.51 Å². The Kier molecular flexibility index (Phi) is 1.88. The van der Waals surface area contributed by atoms with Crippen LogP contribution in [0.15, 0.2) is 18.2 Å². The molecule has 0 atom stereocenters. The predicted molar refractivity (Wildman–Crippen MR) is 57.2 cm³/mol. The molecule has 2 rings (SSSR count). The van der Waals surface area contributed by atoms with Crippen LogP contribution in [-0.2, 0) is 5.41 Å². The SMILES string of the molecule is CC(C)(C)c1cccc2s[c]nc12. The van der Waals surface area contributed by atoms with E-state index in [1.54, 1.807) is 11.3 Å². The normalized spacial score (nSPS) is 12.2. The number of thiazole rings is 1. The van der Waals surface area contributed by atoms with Crippen LogP contribution in [0.1, 0.15) is 26.3 Å². The molecule has 2 aromatic rings. The van der Waals surface area contributed by atoms with Gasteiger partial charge in [-0.1, -0.05) is 32.9 Å². The van der Waals surface area contributed by atoms with Crippen LogP contribution in [0.2, 0.25) is 0 Å². The maximum Gasteiger partial charge on any atom is 0.153 e. The smallest absolute Gasteiger partial charge is 0.153 e. The van der Waals surface area contributed by atoms with Crippen molar-refractivity contribution in [3.05, 3.63) is 29.3 Å².